The van der Waals surface area contributed by atoms with Crippen LogP contribution in [0.4, 0.5) is 0 Å². The summed E-state index contributed by atoms with van der Waals surface area (Å²) < 4.78 is 0. The Kier molecular flexibility index (Phi) is 3.17. The molecule has 13 heavy (non-hydrogen) atoms. The van der Waals surface area contributed by atoms with Crippen LogP contribution >= 0.6 is 0 Å². The molecule has 72 valence electrons. The maximum absolute atomic E-state index is 10.8. The van der Waals surface area contributed by atoms with Crippen LogP contribution < -0.4 is 0 Å². The van der Waals surface area contributed by atoms with Crippen molar-refractivity contribution in [1.82, 2.24) is 0 Å². The molecule has 4 nitrogen and oxygen atoms in total. The van der Waals surface area contributed by atoms with Gasteiger partial charge in [0.1, 0.15) is 0 Å². The first kappa shape index (κ1) is 9.89. The molecule has 0 aliphatic carbocycles. The van der Waals surface area contributed by atoms with Crippen LogP contribution in [0.1, 0.15) is 26.2 Å². The molecule has 0 N–H and O–H groups in total. The molecule has 1 rings (SSSR count). The summed E-state index contributed by atoms with van der Waals surface area (Å²) in [5.41, 5.74) is -1.02. The highest BCUT2D eigenvalue weighted by atomic mass is 16.6. The smallest absolute Gasteiger partial charge is 0.274 e. The fourth-order valence-electron chi connectivity index (χ4n) is 1.38. The number of rotatable bonds is 4. The Morgan fingerprint density at radius 3 is 2.92 bits per heavy atom. The molecule has 0 saturated heterocycles. The van der Waals surface area contributed by atoms with Gasteiger partial charge in [0.25, 0.3) is 5.54 Å². The third-order valence-corrected chi connectivity index (χ3v) is 2.20. The van der Waals surface area contributed by atoms with E-state index in [2.05, 4.69) is 4.99 Å². The Morgan fingerprint density at radius 1 is 1.69 bits per heavy atom. The Balaban J connectivity index is 2.74. The van der Waals surface area contributed by atoms with Gasteiger partial charge in [0.2, 0.25) is 0 Å². The second-order valence-corrected chi connectivity index (χ2v) is 3.25. The van der Waals surface area contributed by atoms with E-state index in [1.165, 1.54) is 6.21 Å². The minimum atomic E-state index is -1.02. The van der Waals surface area contributed by atoms with Crippen LogP contribution in [-0.4, -0.2) is 23.2 Å². The summed E-state index contributed by atoms with van der Waals surface area (Å²) in [4.78, 5) is 14.5. The van der Waals surface area contributed by atoms with Gasteiger partial charge in [-0.05, 0) is 12.5 Å². The fourth-order valence-corrected chi connectivity index (χ4v) is 1.38. The minimum absolute atomic E-state index is 0.248. The van der Waals surface area contributed by atoms with E-state index in [1.54, 1.807) is 12.2 Å². The first-order chi connectivity index (χ1) is 6.21. The van der Waals surface area contributed by atoms with Crippen molar-refractivity contribution in [1.29, 1.82) is 0 Å². The Morgan fingerprint density at radius 2 is 2.46 bits per heavy atom. The number of aliphatic imine (C=N–C) groups is 1. The molecule has 0 fully saturated rings. The normalized spacial score (nSPS) is 26.2. The van der Waals surface area contributed by atoms with E-state index >= 15 is 0 Å². The van der Waals surface area contributed by atoms with Crippen molar-refractivity contribution in [3.05, 3.63) is 22.3 Å². The molecule has 1 atom stereocenters. The topological polar surface area (TPSA) is 55.5 Å². The summed E-state index contributed by atoms with van der Waals surface area (Å²) in [6.45, 7) is 2.60. The average Bonchev–Trinajstić information content (AvgIpc) is 2.16. The molecule has 0 radical (unpaired) electrons. The van der Waals surface area contributed by atoms with Crippen molar-refractivity contribution in [2.75, 3.05) is 6.54 Å². The molecule has 0 saturated carbocycles. The fraction of sp³-hybridized carbons (Fsp3) is 0.667. The van der Waals surface area contributed by atoms with Crippen LogP contribution in [-0.2, 0) is 0 Å². The van der Waals surface area contributed by atoms with Crippen molar-refractivity contribution in [2.24, 2.45) is 4.99 Å². The van der Waals surface area contributed by atoms with Gasteiger partial charge in [-0.15, -0.1) is 0 Å². The quantitative estimate of drug-likeness (QED) is 0.378. The number of hydrogen-bond donors (Lipinski definition) is 0. The van der Waals surface area contributed by atoms with Crippen LogP contribution in [0.2, 0.25) is 0 Å². The highest BCUT2D eigenvalue weighted by Gasteiger charge is 2.38. The van der Waals surface area contributed by atoms with Gasteiger partial charge in [-0.1, -0.05) is 19.4 Å². The molecular formula is C9H14N2O2. The van der Waals surface area contributed by atoms with Crippen molar-refractivity contribution in [3.63, 3.8) is 0 Å². The standard InChI is InChI=1S/C9H14N2O2/c1-2-3-5-9(11(12)13)6-4-7-10-8-9/h4,6,8H,2-3,5,7H2,1H3. The summed E-state index contributed by atoms with van der Waals surface area (Å²) >= 11 is 0. The van der Waals surface area contributed by atoms with Crippen LogP contribution in [0.3, 0.4) is 0 Å². The van der Waals surface area contributed by atoms with Crippen molar-refractivity contribution in [3.8, 4) is 0 Å². The minimum Gasteiger partial charge on any atom is -0.286 e. The van der Waals surface area contributed by atoms with Crippen molar-refractivity contribution < 1.29 is 4.92 Å². The lowest BCUT2D eigenvalue weighted by Crippen LogP contribution is -2.39. The van der Waals surface area contributed by atoms with Gasteiger partial charge in [-0.25, -0.2) is 0 Å². The molecule has 0 aromatic heterocycles. The zero-order chi connectivity index (χ0) is 9.73. The van der Waals surface area contributed by atoms with Crippen LogP contribution in [0.15, 0.2) is 17.1 Å². The van der Waals surface area contributed by atoms with E-state index in [9.17, 15) is 10.1 Å². The second kappa shape index (κ2) is 4.16. The number of nitrogens with zero attached hydrogens (tertiary/aromatic N) is 2. The van der Waals surface area contributed by atoms with Crippen molar-refractivity contribution in [2.45, 2.75) is 31.7 Å². The van der Waals surface area contributed by atoms with E-state index < -0.39 is 5.54 Å². The molecule has 1 heterocycles. The molecule has 0 amide bonds. The number of nitro groups is 1. The molecular weight excluding hydrogens is 168 g/mol. The van der Waals surface area contributed by atoms with E-state index in [1.807, 2.05) is 6.92 Å². The predicted octanol–water partition coefficient (Wildman–Crippen LogP) is 1.83. The first-order valence-corrected chi connectivity index (χ1v) is 4.54. The van der Waals surface area contributed by atoms with Crippen LogP contribution in [0.5, 0.6) is 0 Å². The summed E-state index contributed by atoms with van der Waals surface area (Å²) in [5, 5.41) is 10.8. The molecule has 1 aliphatic rings. The Labute approximate surface area is 77.5 Å². The second-order valence-electron chi connectivity index (χ2n) is 3.25. The third kappa shape index (κ3) is 2.14. The Bertz CT molecular complexity index is 234. The largest absolute Gasteiger partial charge is 0.286 e. The number of hydrogen-bond acceptors (Lipinski definition) is 3. The van der Waals surface area contributed by atoms with Crippen molar-refractivity contribution >= 4 is 6.21 Å². The summed E-state index contributed by atoms with van der Waals surface area (Å²) in [5.74, 6) is 0. The maximum Gasteiger partial charge on any atom is 0.274 e. The van der Waals surface area contributed by atoms with Gasteiger partial charge in [0, 0.05) is 11.3 Å². The van der Waals surface area contributed by atoms with Gasteiger partial charge >= 0.3 is 0 Å². The lowest BCUT2D eigenvalue weighted by molar-refractivity contribution is -0.533. The molecule has 1 aliphatic heterocycles. The van der Waals surface area contributed by atoms with E-state index in [-0.39, 0.29) is 4.92 Å². The van der Waals surface area contributed by atoms with Gasteiger partial charge in [0.05, 0.1) is 12.8 Å². The van der Waals surface area contributed by atoms with Gasteiger partial charge in [-0.3, -0.25) is 15.1 Å². The number of dihydropyridines is 1. The number of unbranched alkanes of at least 4 members (excludes halogenated alkanes) is 1. The van der Waals surface area contributed by atoms with Crippen LogP contribution in [0.25, 0.3) is 0 Å². The zero-order valence-electron chi connectivity index (χ0n) is 7.77. The van der Waals surface area contributed by atoms with Gasteiger partial charge in [0.15, 0.2) is 0 Å². The predicted molar refractivity (Wildman–Crippen MR) is 51.7 cm³/mol. The summed E-state index contributed by atoms with van der Waals surface area (Å²) in [6.07, 6.45) is 7.28. The lowest BCUT2D eigenvalue weighted by Gasteiger charge is -2.18. The summed E-state index contributed by atoms with van der Waals surface area (Å²) in [7, 11) is 0. The zero-order valence-corrected chi connectivity index (χ0v) is 7.77. The third-order valence-electron chi connectivity index (χ3n) is 2.20. The first-order valence-electron chi connectivity index (χ1n) is 4.54. The molecule has 1 unspecified atom stereocenters. The lowest BCUT2D eigenvalue weighted by atomic mass is 9.93. The van der Waals surface area contributed by atoms with E-state index in [0.29, 0.717) is 13.0 Å². The molecule has 4 heteroatoms. The molecule has 0 aromatic rings. The Hall–Kier alpha value is -1.19. The van der Waals surface area contributed by atoms with E-state index in [0.717, 1.165) is 12.8 Å². The maximum atomic E-state index is 10.8. The molecule has 0 bridgehead atoms. The highest BCUT2D eigenvalue weighted by Crippen LogP contribution is 2.20. The van der Waals surface area contributed by atoms with Gasteiger partial charge in [-0.2, -0.15) is 0 Å². The SMILES string of the molecule is CCCCC1([N+](=O)[O-])C=CCN=C1. The summed E-state index contributed by atoms with van der Waals surface area (Å²) in [6, 6.07) is 0. The van der Waals surface area contributed by atoms with Gasteiger partial charge < -0.3 is 0 Å². The monoisotopic (exact) mass is 182 g/mol. The molecule has 0 spiro atoms. The average molecular weight is 182 g/mol. The van der Waals surface area contributed by atoms with Crippen LogP contribution in [0, 0.1) is 10.1 Å². The molecule has 0 aromatic carbocycles. The highest BCUT2D eigenvalue weighted by molar-refractivity contribution is 5.72. The van der Waals surface area contributed by atoms with E-state index in [4.69, 9.17) is 0 Å².